The predicted octanol–water partition coefficient (Wildman–Crippen LogP) is 4.36. The van der Waals surface area contributed by atoms with E-state index in [2.05, 4.69) is 25.7 Å². The maximum atomic E-state index is 12.4. The van der Waals surface area contributed by atoms with Crippen LogP contribution < -0.4 is 10.1 Å². The molecule has 33 heavy (non-hydrogen) atoms. The molecule has 8 nitrogen and oxygen atoms in total. The Kier molecular flexibility index (Phi) is 7.69. The summed E-state index contributed by atoms with van der Waals surface area (Å²) in [7, 11) is 0. The molecule has 0 atom stereocenters. The number of amides is 1. The molecule has 1 N–H and O–H groups in total. The Morgan fingerprint density at radius 2 is 1.94 bits per heavy atom. The second kappa shape index (κ2) is 11.1. The summed E-state index contributed by atoms with van der Waals surface area (Å²) in [4.78, 5) is 12.4. The first-order chi connectivity index (χ1) is 16.1. The molecular formula is C23H24N6O2S2. The first-order valence-electron chi connectivity index (χ1n) is 10.5. The highest BCUT2D eigenvalue weighted by Gasteiger charge is 2.16. The lowest BCUT2D eigenvalue weighted by molar-refractivity contribution is -0.113. The largest absolute Gasteiger partial charge is 0.486 e. The van der Waals surface area contributed by atoms with Gasteiger partial charge in [-0.1, -0.05) is 72.5 Å². The van der Waals surface area contributed by atoms with E-state index in [9.17, 15) is 4.79 Å². The Labute approximate surface area is 200 Å². The molecule has 4 rings (SSSR count). The number of anilines is 1. The van der Waals surface area contributed by atoms with Crippen molar-refractivity contribution in [3.05, 3.63) is 76.6 Å². The molecule has 0 spiro atoms. The zero-order valence-electron chi connectivity index (χ0n) is 18.4. The topological polar surface area (TPSA) is 94.8 Å². The van der Waals surface area contributed by atoms with Crippen LogP contribution in [0, 0.1) is 6.92 Å². The Bertz CT molecular complexity index is 1210. The van der Waals surface area contributed by atoms with Gasteiger partial charge in [0.25, 0.3) is 0 Å². The molecular weight excluding hydrogens is 456 g/mol. The molecule has 0 fully saturated rings. The zero-order valence-corrected chi connectivity index (χ0v) is 20.0. The van der Waals surface area contributed by atoms with Crippen LogP contribution in [-0.4, -0.2) is 36.6 Å². The third-order valence-electron chi connectivity index (χ3n) is 4.68. The molecule has 170 valence electrons. The van der Waals surface area contributed by atoms with Gasteiger partial charge in [0.1, 0.15) is 17.4 Å². The average molecular weight is 481 g/mol. The molecule has 0 saturated heterocycles. The van der Waals surface area contributed by atoms with E-state index >= 15 is 0 Å². The lowest BCUT2D eigenvalue weighted by atomic mass is 10.2. The van der Waals surface area contributed by atoms with Crippen molar-refractivity contribution in [2.24, 2.45) is 0 Å². The van der Waals surface area contributed by atoms with Gasteiger partial charge in [-0.3, -0.25) is 14.7 Å². The van der Waals surface area contributed by atoms with Crippen LogP contribution in [0.15, 0.2) is 59.8 Å². The summed E-state index contributed by atoms with van der Waals surface area (Å²) in [5, 5.41) is 21.5. The number of aryl methyl sites for hydroxylation is 2. The lowest BCUT2D eigenvalue weighted by Gasteiger charge is -2.11. The number of nitrogens with zero attached hydrogens (tertiary/aromatic N) is 5. The van der Waals surface area contributed by atoms with Gasteiger partial charge < -0.3 is 4.74 Å². The van der Waals surface area contributed by atoms with Crippen LogP contribution in [0.5, 0.6) is 5.75 Å². The van der Waals surface area contributed by atoms with E-state index in [0.29, 0.717) is 22.7 Å². The van der Waals surface area contributed by atoms with Gasteiger partial charge in [-0.15, -0.1) is 20.4 Å². The molecule has 2 aromatic heterocycles. The first-order valence-corrected chi connectivity index (χ1v) is 12.3. The molecule has 4 aromatic rings. The number of thioether (sulfide) groups is 1. The molecule has 0 saturated carbocycles. The van der Waals surface area contributed by atoms with Crippen LogP contribution in [0.2, 0.25) is 0 Å². The number of hydrogen-bond acceptors (Lipinski definition) is 8. The highest BCUT2D eigenvalue weighted by molar-refractivity contribution is 7.99. The minimum Gasteiger partial charge on any atom is -0.486 e. The second-order valence-electron chi connectivity index (χ2n) is 7.27. The van der Waals surface area contributed by atoms with Crippen molar-refractivity contribution in [2.45, 2.75) is 38.6 Å². The Morgan fingerprint density at radius 1 is 1.09 bits per heavy atom. The van der Waals surface area contributed by atoms with Gasteiger partial charge in [0.15, 0.2) is 11.0 Å². The van der Waals surface area contributed by atoms with E-state index in [1.807, 2.05) is 73.0 Å². The van der Waals surface area contributed by atoms with Crippen molar-refractivity contribution in [3.63, 3.8) is 0 Å². The SMILES string of the molecule is CCc1nnc(NC(=O)CSc2nnc(COc3cccc(C)c3)n2Cc2ccccc2)s1. The zero-order chi connectivity index (χ0) is 23.0. The van der Waals surface area contributed by atoms with Crippen molar-refractivity contribution in [3.8, 4) is 5.75 Å². The molecule has 0 bridgehead atoms. The second-order valence-corrected chi connectivity index (χ2v) is 9.27. The molecule has 10 heteroatoms. The number of hydrogen-bond donors (Lipinski definition) is 1. The van der Waals surface area contributed by atoms with Crippen LogP contribution in [0.3, 0.4) is 0 Å². The third kappa shape index (κ3) is 6.39. The summed E-state index contributed by atoms with van der Waals surface area (Å²) in [6.45, 7) is 4.89. The van der Waals surface area contributed by atoms with Crippen LogP contribution in [0.4, 0.5) is 5.13 Å². The van der Waals surface area contributed by atoms with Gasteiger partial charge in [0, 0.05) is 0 Å². The quantitative estimate of drug-likeness (QED) is 0.337. The van der Waals surface area contributed by atoms with E-state index in [4.69, 9.17) is 4.74 Å². The Morgan fingerprint density at radius 3 is 2.70 bits per heavy atom. The monoisotopic (exact) mass is 480 g/mol. The number of carbonyl (C=O) groups excluding carboxylic acids is 1. The molecule has 0 aliphatic heterocycles. The lowest BCUT2D eigenvalue weighted by Crippen LogP contribution is -2.15. The van der Waals surface area contributed by atoms with E-state index in [-0.39, 0.29) is 18.3 Å². The minimum absolute atomic E-state index is 0.161. The minimum atomic E-state index is -0.161. The number of rotatable bonds is 10. The number of benzene rings is 2. The number of nitrogens with one attached hydrogen (secondary N) is 1. The van der Waals surface area contributed by atoms with Gasteiger partial charge in [-0.2, -0.15) is 0 Å². The fourth-order valence-corrected chi connectivity index (χ4v) is 4.50. The number of carbonyl (C=O) groups is 1. The fourth-order valence-electron chi connectivity index (χ4n) is 3.04. The molecule has 0 aliphatic rings. The van der Waals surface area contributed by atoms with Crippen molar-refractivity contribution in [1.29, 1.82) is 0 Å². The molecule has 0 radical (unpaired) electrons. The fraction of sp³-hybridized carbons (Fsp3) is 0.261. The molecule has 0 unspecified atom stereocenters. The average Bonchev–Trinajstić information content (AvgIpc) is 3.43. The molecule has 0 aliphatic carbocycles. The van der Waals surface area contributed by atoms with Crippen LogP contribution >= 0.6 is 23.1 Å². The van der Waals surface area contributed by atoms with Gasteiger partial charge in [-0.05, 0) is 36.6 Å². The number of ether oxygens (including phenoxy) is 1. The summed E-state index contributed by atoms with van der Waals surface area (Å²) < 4.78 is 7.95. The van der Waals surface area contributed by atoms with Crippen LogP contribution in [-0.2, 0) is 24.4 Å². The normalized spacial score (nSPS) is 10.8. The van der Waals surface area contributed by atoms with Crippen LogP contribution in [0.1, 0.15) is 28.9 Å². The van der Waals surface area contributed by atoms with Crippen molar-refractivity contribution in [1.82, 2.24) is 25.0 Å². The standard InChI is InChI=1S/C23H24N6O2S2/c1-3-21-26-27-22(33-21)24-20(30)15-32-23-28-25-19(14-31-18-11-7-8-16(2)12-18)29(23)13-17-9-5-4-6-10-17/h4-12H,3,13-15H2,1-2H3,(H,24,27,30). The Hall–Kier alpha value is -3.24. The van der Waals surface area contributed by atoms with Crippen molar-refractivity contribution < 1.29 is 9.53 Å². The van der Waals surface area contributed by atoms with Gasteiger partial charge in [0.2, 0.25) is 11.0 Å². The van der Waals surface area contributed by atoms with E-state index in [0.717, 1.165) is 28.3 Å². The maximum Gasteiger partial charge on any atom is 0.236 e. The molecule has 2 heterocycles. The number of aromatic nitrogens is 5. The summed E-state index contributed by atoms with van der Waals surface area (Å²) in [5.74, 6) is 1.50. The highest BCUT2D eigenvalue weighted by Crippen LogP contribution is 2.22. The highest BCUT2D eigenvalue weighted by atomic mass is 32.2. The van der Waals surface area contributed by atoms with Gasteiger partial charge >= 0.3 is 0 Å². The summed E-state index contributed by atoms with van der Waals surface area (Å²) in [6.07, 6.45) is 0.790. The van der Waals surface area contributed by atoms with Crippen molar-refractivity contribution in [2.75, 3.05) is 11.1 Å². The van der Waals surface area contributed by atoms with E-state index < -0.39 is 0 Å². The van der Waals surface area contributed by atoms with Crippen molar-refractivity contribution >= 4 is 34.1 Å². The van der Waals surface area contributed by atoms with Gasteiger partial charge in [-0.25, -0.2) is 0 Å². The third-order valence-corrected chi connectivity index (χ3v) is 6.63. The molecule has 1 amide bonds. The summed E-state index contributed by atoms with van der Waals surface area (Å²) in [6, 6.07) is 18.0. The predicted molar refractivity (Wildman–Crippen MR) is 130 cm³/mol. The molecule has 2 aromatic carbocycles. The van der Waals surface area contributed by atoms with E-state index in [1.165, 1.54) is 23.1 Å². The summed E-state index contributed by atoms with van der Waals surface area (Å²) >= 11 is 2.71. The Balaban J connectivity index is 1.45. The van der Waals surface area contributed by atoms with Crippen LogP contribution in [0.25, 0.3) is 0 Å². The van der Waals surface area contributed by atoms with Gasteiger partial charge in [0.05, 0.1) is 12.3 Å². The maximum absolute atomic E-state index is 12.4. The van der Waals surface area contributed by atoms with E-state index in [1.54, 1.807) is 0 Å². The summed E-state index contributed by atoms with van der Waals surface area (Å²) in [5.41, 5.74) is 2.24. The smallest absolute Gasteiger partial charge is 0.236 e. The first kappa shape index (κ1) is 22.9.